The number of rotatable bonds is 8. The van der Waals surface area contributed by atoms with E-state index in [2.05, 4.69) is 30.6 Å². The number of benzene rings is 2. The Morgan fingerprint density at radius 3 is 2.40 bits per heavy atom. The van der Waals surface area contributed by atoms with Crippen molar-refractivity contribution in [2.24, 2.45) is 5.92 Å². The van der Waals surface area contributed by atoms with Crippen LogP contribution in [-0.4, -0.2) is 64.8 Å². The van der Waals surface area contributed by atoms with Crippen LogP contribution in [0.15, 0.2) is 54.6 Å². The summed E-state index contributed by atoms with van der Waals surface area (Å²) in [6.07, 6.45) is 0. The molecule has 3 aromatic rings. The van der Waals surface area contributed by atoms with E-state index in [9.17, 15) is 9.18 Å². The van der Waals surface area contributed by atoms with Gasteiger partial charge in [0.1, 0.15) is 11.6 Å². The van der Waals surface area contributed by atoms with Crippen LogP contribution in [0.25, 0.3) is 5.69 Å². The van der Waals surface area contributed by atoms with Gasteiger partial charge >= 0.3 is 0 Å². The van der Waals surface area contributed by atoms with Gasteiger partial charge in [-0.25, -0.2) is 9.07 Å². The fraction of sp³-hybridized carbons (Fsp3) is 0.429. The Bertz CT molecular complexity index is 1140. The standard InChI is InChI=1S/C28H36FN5O/c1-5-31-14-16-32(17-15-31)27-26(22(4)30-34(27)25-13-9-12-24(29)18-25)20-33(19-21(2)3)28(35)23-10-7-6-8-11-23/h6-13,18,21H,5,14-17,19-20H2,1-4H3. The van der Waals surface area contributed by atoms with E-state index in [0.717, 1.165) is 49.8 Å². The average Bonchev–Trinajstić information content (AvgIpc) is 3.19. The molecular weight excluding hydrogens is 441 g/mol. The molecule has 1 saturated heterocycles. The van der Waals surface area contributed by atoms with Crippen LogP contribution in [0.2, 0.25) is 0 Å². The minimum atomic E-state index is -0.292. The minimum Gasteiger partial charge on any atom is -0.354 e. The molecule has 1 aliphatic rings. The van der Waals surface area contributed by atoms with E-state index in [-0.39, 0.29) is 11.7 Å². The number of aryl methyl sites for hydroxylation is 1. The van der Waals surface area contributed by atoms with Gasteiger partial charge in [-0.2, -0.15) is 5.10 Å². The third-order valence-corrected chi connectivity index (χ3v) is 6.57. The smallest absolute Gasteiger partial charge is 0.254 e. The molecule has 7 heteroatoms. The predicted molar refractivity (Wildman–Crippen MR) is 139 cm³/mol. The number of carbonyl (C=O) groups excluding carboxylic acids is 1. The van der Waals surface area contributed by atoms with Gasteiger partial charge in [0.25, 0.3) is 5.91 Å². The normalized spacial score (nSPS) is 14.5. The lowest BCUT2D eigenvalue weighted by atomic mass is 10.1. The van der Waals surface area contributed by atoms with E-state index in [4.69, 9.17) is 5.10 Å². The quantitative estimate of drug-likeness (QED) is 0.469. The summed E-state index contributed by atoms with van der Waals surface area (Å²) >= 11 is 0. The molecule has 4 rings (SSSR count). The highest BCUT2D eigenvalue weighted by Gasteiger charge is 2.28. The number of carbonyl (C=O) groups is 1. The lowest BCUT2D eigenvalue weighted by molar-refractivity contribution is 0.0722. The maximum absolute atomic E-state index is 14.2. The molecule has 0 aliphatic carbocycles. The summed E-state index contributed by atoms with van der Waals surface area (Å²) in [6.45, 7) is 14.2. The largest absolute Gasteiger partial charge is 0.354 e. The number of anilines is 1. The van der Waals surface area contributed by atoms with Crippen LogP contribution >= 0.6 is 0 Å². The highest BCUT2D eigenvalue weighted by Crippen LogP contribution is 2.30. The van der Waals surface area contributed by atoms with E-state index in [1.165, 1.54) is 12.1 Å². The molecule has 0 bridgehead atoms. The van der Waals surface area contributed by atoms with Crippen LogP contribution < -0.4 is 4.90 Å². The van der Waals surface area contributed by atoms with Crippen molar-refractivity contribution in [3.8, 4) is 5.69 Å². The first-order valence-electron chi connectivity index (χ1n) is 12.5. The highest BCUT2D eigenvalue weighted by atomic mass is 19.1. The zero-order chi connectivity index (χ0) is 24.9. The number of likely N-dealkylation sites (N-methyl/N-ethyl adjacent to an activating group) is 1. The van der Waals surface area contributed by atoms with Crippen LogP contribution in [-0.2, 0) is 6.54 Å². The van der Waals surface area contributed by atoms with Gasteiger partial charge in [-0.1, -0.05) is 45.0 Å². The van der Waals surface area contributed by atoms with Crippen LogP contribution in [0, 0.1) is 18.7 Å². The molecule has 0 radical (unpaired) electrons. The number of piperazine rings is 1. The Morgan fingerprint density at radius 1 is 1.06 bits per heavy atom. The second-order valence-electron chi connectivity index (χ2n) is 9.65. The molecule has 1 aliphatic heterocycles. The van der Waals surface area contributed by atoms with Crippen molar-refractivity contribution in [1.82, 2.24) is 19.6 Å². The first kappa shape index (κ1) is 24.9. The lowest BCUT2D eigenvalue weighted by Gasteiger charge is -2.36. The van der Waals surface area contributed by atoms with Gasteiger partial charge in [-0.15, -0.1) is 0 Å². The second kappa shape index (κ2) is 11.0. The van der Waals surface area contributed by atoms with Crippen molar-refractivity contribution in [1.29, 1.82) is 0 Å². The highest BCUT2D eigenvalue weighted by molar-refractivity contribution is 5.94. The fourth-order valence-electron chi connectivity index (χ4n) is 4.74. The van der Waals surface area contributed by atoms with Gasteiger partial charge in [0.05, 0.1) is 17.9 Å². The van der Waals surface area contributed by atoms with Gasteiger partial charge in [0, 0.05) is 43.9 Å². The summed E-state index contributed by atoms with van der Waals surface area (Å²) in [4.78, 5) is 20.2. The van der Waals surface area contributed by atoms with Gasteiger partial charge in [0.15, 0.2) is 0 Å². The summed E-state index contributed by atoms with van der Waals surface area (Å²) in [5.74, 6) is 0.995. The summed E-state index contributed by atoms with van der Waals surface area (Å²) in [7, 11) is 0. The van der Waals surface area contributed by atoms with E-state index in [1.807, 2.05) is 52.9 Å². The zero-order valence-electron chi connectivity index (χ0n) is 21.2. The van der Waals surface area contributed by atoms with E-state index in [0.29, 0.717) is 30.3 Å². The van der Waals surface area contributed by atoms with Crippen molar-refractivity contribution in [3.05, 3.63) is 77.2 Å². The zero-order valence-corrected chi connectivity index (χ0v) is 21.2. The molecule has 0 saturated carbocycles. The number of amides is 1. The Balaban J connectivity index is 1.75. The summed E-state index contributed by atoms with van der Waals surface area (Å²) in [5, 5.41) is 4.86. The molecule has 2 heterocycles. The fourth-order valence-corrected chi connectivity index (χ4v) is 4.74. The first-order chi connectivity index (χ1) is 16.9. The van der Waals surface area contributed by atoms with E-state index in [1.54, 1.807) is 6.07 Å². The molecule has 1 aromatic heterocycles. The van der Waals surface area contributed by atoms with Crippen LogP contribution in [0.1, 0.15) is 42.4 Å². The molecule has 0 atom stereocenters. The van der Waals surface area contributed by atoms with Gasteiger partial charge in [0.2, 0.25) is 0 Å². The Labute approximate surface area is 207 Å². The van der Waals surface area contributed by atoms with Crippen LogP contribution in [0.4, 0.5) is 10.2 Å². The molecule has 2 aromatic carbocycles. The maximum Gasteiger partial charge on any atom is 0.254 e. The van der Waals surface area contributed by atoms with Crippen molar-refractivity contribution in [2.45, 2.75) is 34.2 Å². The molecule has 35 heavy (non-hydrogen) atoms. The van der Waals surface area contributed by atoms with Crippen molar-refractivity contribution in [3.63, 3.8) is 0 Å². The second-order valence-corrected chi connectivity index (χ2v) is 9.65. The molecular formula is C28H36FN5O. The minimum absolute atomic E-state index is 0.0129. The molecule has 6 nitrogen and oxygen atoms in total. The molecule has 0 spiro atoms. The first-order valence-corrected chi connectivity index (χ1v) is 12.5. The van der Waals surface area contributed by atoms with Crippen molar-refractivity contribution in [2.75, 3.05) is 44.2 Å². The summed E-state index contributed by atoms with van der Waals surface area (Å²) in [6, 6.07) is 16.0. The third-order valence-electron chi connectivity index (χ3n) is 6.57. The Kier molecular flexibility index (Phi) is 7.86. The Hall–Kier alpha value is -3.19. The molecule has 0 unspecified atom stereocenters. The monoisotopic (exact) mass is 477 g/mol. The average molecular weight is 478 g/mol. The van der Waals surface area contributed by atoms with E-state index >= 15 is 0 Å². The van der Waals surface area contributed by atoms with Crippen LogP contribution in [0.5, 0.6) is 0 Å². The molecule has 0 N–H and O–H groups in total. The van der Waals surface area contributed by atoms with Crippen LogP contribution in [0.3, 0.4) is 0 Å². The summed E-state index contributed by atoms with van der Waals surface area (Å²) < 4.78 is 16.0. The molecule has 1 fully saturated rings. The number of nitrogens with zero attached hydrogens (tertiary/aromatic N) is 5. The maximum atomic E-state index is 14.2. The SMILES string of the molecule is CCN1CCN(c2c(CN(CC(C)C)C(=O)c3ccccc3)c(C)nn2-c2cccc(F)c2)CC1. The van der Waals surface area contributed by atoms with Gasteiger partial charge in [-0.3, -0.25) is 4.79 Å². The van der Waals surface area contributed by atoms with Gasteiger partial charge < -0.3 is 14.7 Å². The number of hydrogen-bond acceptors (Lipinski definition) is 4. The topological polar surface area (TPSA) is 44.6 Å². The van der Waals surface area contributed by atoms with Crippen molar-refractivity contribution < 1.29 is 9.18 Å². The summed E-state index contributed by atoms with van der Waals surface area (Å²) in [5.41, 5.74) is 3.25. The van der Waals surface area contributed by atoms with Gasteiger partial charge in [-0.05, 0) is 49.7 Å². The third kappa shape index (κ3) is 5.73. The lowest BCUT2D eigenvalue weighted by Crippen LogP contribution is -2.47. The predicted octanol–water partition coefficient (Wildman–Crippen LogP) is 4.76. The molecule has 186 valence electrons. The number of halogens is 1. The molecule has 1 amide bonds. The number of hydrogen-bond donors (Lipinski definition) is 0. The van der Waals surface area contributed by atoms with E-state index < -0.39 is 0 Å². The number of aromatic nitrogens is 2. The van der Waals surface area contributed by atoms with Crippen molar-refractivity contribution >= 4 is 11.7 Å². The Morgan fingerprint density at radius 2 is 1.77 bits per heavy atom.